The molecule has 4 heteroatoms. The first kappa shape index (κ1) is 13.5. The van der Waals surface area contributed by atoms with E-state index >= 15 is 0 Å². The van der Waals surface area contributed by atoms with Crippen molar-refractivity contribution in [2.75, 3.05) is 18.0 Å². The van der Waals surface area contributed by atoms with E-state index in [-0.39, 0.29) is 5.78 Å². The summed E-state index contributed by atoms with van der Waals surface area (Å²) in [4.78, 5) is 15.0. The van der Waals surface area contributed by atoms with Crippen LogP contribution >= 0.6 is 0 Å². The van der Waals surface area contributed by atoms with Gasteiger partial charge in [-0.25, -0.2) is 0 Å². The fraction of sp³-hybridized carbons (Fsp3) is 0.235. The average Bonchev–Trinajstić information content (AvgIpc) is 2.50. The topological polar surface area (TPSA) is 46.6 Å². The van der Waals surface area contributed by atoms with Crippen molar-refractivity contribution in [1.82, 2.24) is 0 Å². The second-order valence-electron chi connectivity index (χ2n) is 4.82. The molecule has 0 unspecified atom stereocenters. The zero-order chi connectivity index (χ0) is 14.8. The lowest BCUT2D eigenvalue weighted by molar-refractivity contribution is 0.0577. The van der Waals surface area contributed by atoms with E-state index in [1.807, 2.05) is 42.5 Å². The Morgan fingerprint density at radius 2 is 1.71 bits per heavy atom. The van der Waals surface area contributed by atoms with Gasteiger partial charge in [0.25, 0.3) is 0 Å². The van der Waals surface area contributed by atoms with Gasteiger partial charge in [-0.05, 0) is 26.0 Å². The van der Waals surface area contributed by atoms with Crippen LogP contribution in [0.15, 0.2) is 51.6 Å². The highest BCUT2D eigenvalue weighted by Gasteiger charge is 2.24. The normalized spacial score (nSPS) is 11.0. The monoisotopic (exact) mass is 283 g/mol. The number of ketones is 1. The van der Waals surface area contributed by atoms with Crippen LogP contribution in [0.4, 0.5) is 5.69 Å². The van der Waals surface area contributed by atoms with E-state index in [1.54, 1.807) is 0 Å². The standard InChI is InChI=1S/C17H17NO3/c1-3-18(4-2)13-10-11-14-17(21-20-14)15(13)16(19)12-8-6-5-7-9-12/h5-11H,3-4H2,1-2H3. The van der Waals surface area contributed by atoms with Gasteiger partial charge < -0.3 is 4.90 Å². The van der Waals surface area contributed by atoms with Gasteiger partial charge in [0.1, 0.15) is 0 Å². The molecule has 0 spiro atoms. The van der Waals surface area contributed by atoms with Crippen LogP contribution in [0, 0.1) is 0 Å². The average molecular weight is 283 g/mol. The number of carbonyl (C=O) groups is 1. The van der Waals surface area contributed by atoms with Gasteiger partial charge in [-0.3, -0.25) is 13.9 Å². The van der Waals surface area contributed by atoms with Crippen molar-refractivity contribution in [3.05, 3.63) is 53.6 Å². The molecule has 21 heavy (non-hydrogen) atoms. The quantitative estimate of drug-likeness (QED) is 0.522. The van der Waals surface area contributed by atoms with E-state index in [0.29, 0.717) is 22.3 Å². The van der Waals surface area contributed by atoms with Gasteiger partial charge in [0.15, 0.2) is 5.78 Å². The van der Waals surface area contributed by atoms with Crippen molar-refractivity contribution in [1.29, 1.82) is 0 Å². The van der Waals surface area contributed by atoms with Crippen LogP contribution in [0.2, 0.25) is 0 Å². The van der Waals surface area contributed by atoms with Crippen LogP contribution in [0.3, 0.4) is 0 Å². The SMILES string of the molecule is CCN(CC)c1ccc2ooc2c1C(=O)c1ccccc1. The number of anilines is 1. The molecule has 0 saturated carbocycles. The summed E-state index contributed by atoms with van der Waals surface area (Å²) < 4.78 is 10.0. The molecule has 0 fully saturated rings. The Morgan fingerprint density at radius 1 is 1.00 bits per heavy atom. The molecule has 0 aliphatic rings. The van der Waals surface area contributed by atoms with Crippen molar-refractivity contribution < 1.29 is 13.9 Å². The summed E-state index contributed by atoms with van der Waals surface area (Å²) in [7, 11) is 0. The van der Waals surface area contributed by atoms with E-state index in [9.17, 15) is 4.79 Å². The highest BCUT2D eigenvalue weighted by molar-refractivity contribution is 6.18. The number of hydrogen-bond acceptors (Lipinski definition) is 4. The van der Waals surface area contributed by atoms with Crippen LogP contribution < -0.4 is 4.90 Å². The van der Waals surface area contributed by atoms with Crippen molar-refractivity contribution >= 4 is 22.6 Å². The Bertz CT molecular complexity index is 751. The van der Waals surface area contributed by atoms with Gasteiger partial charge >= 0.3 is 0 Å². The number of fused-ring (bicyclic) bond motifs is 1. The van der Waals surface area contributed by atoms with Crippen LogP contribution in [0.5, 0.6) is 0 Å². The molecule has 0 amide bonds. The summed E-state index contributed by atoms with van der Waals surface area (Å²) in [5.74, 6) is -0.0438. The Balaban J connectivity index is 2.16. The second kappa shape index (κ2) is 5.48. The second-order valence-corrected chi connectivity index (χ2v) is 4.82. The summed E-state index contributed by atoms with van der Waals surface area (Å²) in [6.07, 6.45) is 0. The van der Waals surface area contributed by atoms with Gasteiger partial charge in [0, 0.05) is 18.7 Å². The third kappa shape index (κ3) is 2.23. The van der Waals surface area contributed by atoms with Crippen molar-refractivity contribution in [3.8, 4) is 0 Å². The Labute approximate surface area is 122 Å². The molecular formula is C17H17NO3. The van der Waals surface area contributed by atoms with Gasteiger partial charge in [0.2, 0.25) is 11.2 Å². The highest BCUT2D eigenvalue weighted by atomic mass is 17.0. The number of benzene rings is 2. The van der Waals surface area contributed by atoms with Crippen molar-refractivity contribution in [3.63, 3.8) is 0 Å². The first-order valence-electron chi connectivity index (χ1n) is 7.12. The van der Waals surface area contributed by atoms with E-state index < -0.39 is 0 Å². The van der Waals surface area contributed by atoms with Gasteiger partial charge in [-0.15, -0.1) is 0 Å². The minimum absolute atomic E-state index is 0.0438. The molecule has 4 nitrogen and oxygen atoms in total. The van der Waals surface area contributed by atoms with E-state index in [2.05, 4.69) is 18.7 Å². The summed E-state index contributed by atoms with van der Waals surface area (Å²) >= 11 is 0. The van der Waals surface area contributed by atoms with Gasteiger partial charge in [0.05, 0.1) is 11.3 Å². The third-order valence-corrected chi connectivity index (χ3v) is 3.68. The number of hydrogen-bond donors (Lipinski definition) is 0. The van der Waals surface area contributed by atoms with Crippen molar-refractivity contribution in [2.24, 2.45) is 0 Å². The zero-order valence-electron chi connectivity index (χ0n) is 12.1. The fourth-order valence-electron chi connectivity index (χ4n) is 2.54. The van der Waals surface area contributed by atoms with Gasteiger partial charge in [-0.1, -0.05) is 30.3 Å². The summed E-state index contributed by atoms with van der Waals surface area (Å²) in [6.45, 7) is 5.78. The van der Waals surface area contributed by atoms with Crippen LogP contribution in [-0.2, 0) is 0 Å². The molecule has 0 saturated heterocycles. The minimum atomic E-state index is -0.0438. The molecule has 2 aromatic carbocycles. The van der Waals surface area contributed by atoms with Crippen LogP contribution in [-0.4, -0.2) is 18.9 Å². The summed E-state index contributed by atoms with van der Waals surface area (Å²) in [6, 6.07) is 13.0. The molecule has 1 heterocycles. The predicted octanol–water partition coefficient (Wildman–Crippen LogP) is 4.10. The van der Waals surface area contributed by atoms with Gasteiger partial charge in [-0.2, -0.15) is 0 Å². The molecule has 0 aliphatic carbocycles. The van der Waals surface area contributed by atoms with E-state index in [0.717, 1.165) is 18.8 Å². The van der Waals surface area contributed by atoms with Crippen LogP contribution in [0.1, 0.15) is 29.8 Å². The molecular weight excluding hydrogens is 266 g/mol. The Kier molecular flexibility index (Phi) is 3.52. The summed E-state index contributed by atoms with van der Waals surface area (Å²) in [5, 5.41) is 0. The molecule has 0 aliphatic heterocycles. The Hall–Kier alpha value is -2.49. The lowest BCUT2D eigenvalue weighted by Crippen LogP contribution is -2.24. The molecule has 3 rings (SSSR count). The van der Waals surface area contributed by atoms with Crippen molar-refractivity contribution in [2.45, 2.75) is 13.8 Å². The fourth-order valence-corrected chi connectivity index (χ4v) is 2.54. The molecule has 1 aromatic heterocycles. The molecule has 0 radical (unpaired) electrons. The first-order valence-corrected chi connectivity index (χ1v) is 7.12. The molecule has 3 aromatic rings. The number of rotatable bonds is 5. The van der Waals surface area contributed by atoms with Crippen LogP contribution in [0.25, 0.3) is 11.2 Å². The first-order chi connectivity index (χ1) is 10.3. The number of nitrogens with zero attached hydrogens (tertiary/aromatic N) is 1. The van der Waals surface area contributed by atoms with E-state index in [1.165, 1.54) is 0 Å². The Morgan fingerprint density at radius 3 is 2.29 bits per heavy atom. The maximum absolute atomic E-state index is 12.8. The number of carbonyl (C=O) groups excluding carboxylic acids is 1. The molecule has 0 N–H and O–H groups in total. The third-order valence-electron chi connectivity index (χ3n) is 3.68. The maximum atomic E-state index is 12.8. The zero-order valence-corrected chi connectivity index (χ0v) is 12.1. The molecule has 108 valence electrons. The predicted molar refractivity (Wildman–Crippen MR) is 81.9 cm³/mol. The highest BCUT2D eigenvalue weighted by Crippen LogP contribution is 2.33. The molecule has 0 atom stereocenters. The largest absolute Gasteiger partial charge is 0.371 e. The maximum Gasteiger partial charge on any atom is 0.238 e. The summed E-state index contributed by atoms with van der Waals surface area (Å²) in [5.41, 5.74) is 3.26. The van der Waals surface area contributed by atoms with E-state index in [4.69, 9.17) is 9.15 Å². The smallest absolute Gasteiger partial charge is 0.238 e. The lowest BCUT2D eigenvalue weighted by atomic mass is 10.00. The molecule has 0 bridgehead atoms. The minimum Gasteiger partial charge on any atom is -0.371 e. The lowest BCUT2D eigenvalue weighted by Gasteiger charge is -2.24.